The number of amides is 1. The summed E-state index contributed by atoms with van der Waals surface area (Å²) in [5.41, 5.74) is 0.485. The molecule has 0 aliphatic rings. The minimum absolute atomic E-state index is 0.114. The van der Waals surface area contributed by atoms with Crippen LogP contribution >= 0.6 is 0 Å². The van der Waals surface area contributed by atoms with Gasteiger partial charge in [-0.05, 0) is 31.2 Å². The minimum Gasteiger partial charge on any atom is -0.345 e. The van der Waals surface area contributed by atoms with Gasteiger partial charge in [0.25, 0.3) is 11.8 Å². The third kappa shape index (κ3) is 3.06. The van der Waals surface area contributed by atoms with Gasteiger partial charge < -0.3 is 9.84 Å². The third-order valence-electron chi connectivity index (χ3n) is 3.94. The molecular formula is C17H11F3N6O2. The lowest BCUT2D eigenvalue weighted by Gasteiger charge is -2.06. The van der Waals surface area contributed by atoms with E-state index in [0.717, 1.165) is 6.07 Å². The van der Waals surface area contributed by atoms with Crippen molar-refractivity contribution in [3.63, 3.8) is 0 Å². The second-order valence-electron chi connectivity index (χ2n) is 5.81. The summed E-state index contributed by atoms with van der Waals surface area (Å²) in [7, 11) is 0. The molecular weight excluding hydrogens is 377 g/mol. The Morgan fingerprint density at radius 2 is 2.00 bits per heavy atom. The number of carbonyl (C=O) groups excluding carboxylic acids is 1. The van der Waals surface area contributed by atoms with Crippen LogP contribution in [0.4, 0.5) is 13.2 Å². The van der Waals surface area contributed by atoms with Gasteiger partial charge >= 0.3 is 0 Å². The molecule has 0 aliphatic heterocycles. The van der Waals surface area contributed by atoms with Crippen molar-refractivity contribution in [2.24, 2.45) is 0 Å². The Kier molecular flexibility index (Phi) is 4.26. The molecule has 142 valence electrons. The van der Waals surface area contributed by atoms with E-state index in [1.807, 2.05) is 0 Å². The highest BCUT2D eigenvalue weighted by atomic mass is 19.2. The highest BCUT2D eigenvalue weighted by Crippen LogP contribution is 2.19. The number of aromatic nitrogens is 5. The molecule has 0 atom stereocenters. The summed E-state index contributed by atoms with van der Waals surface area (Å²) in [4.78, 5) is 16.2. The molecule has 3 heterocycles. The zero-order valence-corrected chi connectivity index (χ0v) is 14.3. The van der Waals surface area contributed by atoms with E-state index in [1.165, 1.54) is 0 Å². The van der Waals surface area contributed by atoms with E-state index in [1.54, 1.807) is 29.7 Å². The van der Waals surface area contributed by atoms with Crippen molar-refractivity contribution < 1.29 is 22.5 Å². The number of hydrogen-bond donors (Lipinski definition) is 1. The predicted octanol–water partition coefficient (Wildman–Crippen LogP) is 2.44. The Hall–Kier alpha value is -3.76. The first-order chi connectivity index (χ1) is 13.4. The number of fused-ring (bicyclic) bond motifs is 1. The average Bonchev–Trinajstić information content (AvgIpc) is 3.30. The predicted molar refractivity (Wildman–Crippen MR) is 88.5 cm³/mol. The van der Waals surface area contributed by atoms with Crippen molar-refractivity contribution >= 4 is 11.6 Å². The molecule has 0 radical (unpaired) electrons. The van der Waals surface area contributed by atoms with Crippen LogP contribution in [0.1, 0.15) is 22.0 Å². The molecule has 1 amide bonds. The van der Waals surface area contributed by atoms with Crippen molar-refractivity contribution in [1.82, 2.24) is 30.1 Å². The summed E-state index contributed by atoms with van der Waals surface area (Å²) in [6.07, 6.45) is 1.64. The highest BCUT2D eigenvalue weighted by Gasteiger charge is 2.19. The van der Waals surface area contributed by atoms with E-state index >= 15 is 0 Å². The summed E-state index contributed by atoms with van der Waals surface area (Å²) in [6, 6.07) is 4.91. The van der Waals surface area contributed by atoms with Gasteiger partial charge in [0.05, 0.1) is 12.1 Å². The monoisotopic (exact) mass is 388 g/mol. The number of hydrogen-bond acceptors (Lipinski definition) is 6. The molecule has 3 aromatic heterocycles. The van der Waals surface area contributed by atoms with Gasteiger partial charge in [0.1, 0.15) is 0 Å². The lowest BCUT2D eigenvalue weighted by Crippen LogP contribution is -2.25. The molecule has 1 aromatic carbocycles. The van der Waals surface area contributed by atoms with E-state index in [-0.39, 0.29) is 6.54 Å². The minimum atomic E-state index is -1.70. The first-order valence-electron chi connectivity index (χ1n) is 8.00. The lowest BCUT2D eigenvalue weighted by atomic mass is 10.2. The van der Waals surface area contributed by atoms with Gasteiger partial charge in [-0.25, -0.2) is 13.2 Å². The topological polar surface area (TPSA) is 98.2 Å². The maximum Gasteiger partial charge on any atom is 0.258 e. The maximum atomic E-state index is 13.7. The van der Waals surface area contributed by atoms with Crippen LogP contribution in [0, 0.1) is 24.4 Å². The van der Waals surface area contributed by atoms with Crippen LogP contribution in [0.3, 0.4) is 0 Å². The maximum absolute atomic E-state index is 13.7. The first kappa shape index (κ1) is 17.6. The Morgan fingerprint density at radius 1 is 1.18 bits per heavy atom. The number of nitrogens with zero attached hydrogens (tertiary/aromatic N) is 5. The van der Waals surface area contributed by atoms with Crippen LogP contribution in [0.5, 0.6) is 0 Å². The lowest BCUT2D eigenvalue weighted by molar-refractivity contribution is 0.0944. The normalized spacial score (nSPS) is 11.1. The summed E-state index contributed by atoms with van der Waals surface area (Å²) in [6.45, 7) is 1.58. The molecule has 0 aliphatic carbocycles. The number of carbonyl (C=O) groups is 1. The van der Waals surface area contributed by atoms with Crippen LogP contribution in [-0.2, 0) is 6.54 Å². The molecule has 4 aromatic rings. The summed E-state index contributed by atoms with van der Waals surface area (Å²) < 4.78 is 46.7. The van der Waals surface area contributed by atoms with Crippen LogP contribution in [0.15, 0.2) is 35.0 Å². The smallest absolute Gasteiger partial charge is 0.258 e. The van der Waals surface area contributed by atoms with Gasteiger partial charge in [0.2, 0.25) is 0 Å². The summed E-state index contributed by atoms with van der Waals surface area (Å²) >= 11 is 0. The number of aryl methyl sites for hydroxylation is 1. The average molecular weight is 388 g/mol. The fraction of sp³-hybridized carbons (Fsp3) is 0.118. The SMILES string of the molecule is Cc1noc(-c2ccn3c(CNC(=O)c4ccc(F)c(F)c4F)nnc3c2)n1. The van der Waals surface area contributed by atoms with Crippen molar-refractivity contribution in [1.29, 1.82) is 0 Å². The zero-order valence-electron chi connectivity index (χ0n) is 14.3. The molecule has 0 bridgehead atoms. The first-order valence-corrected chi connectivity index (χ1v) is 8.00. The molecule has 0 saturated carbocycles. The third-order valence-corrected chi connectivity index (χ3v) is 3.94. The van der Waals surface area contributed by atoms with Gasteiger partial charge in [-0.15, -0.1) is 10.2 Å². The molecule has 0 spiro atoms. The van der Waals surface area contributed by atoms with Gasteiger partial charge in [0, 0.05) is 11.8 Å². The Bertz CT molecular complexity index is 1200. The molecule has 4 rings (SSSR count). The molecule has 11 heteroatoms. The van der Waals surface area contributed by atoms with Crippen LogP contribution in [0.2, 0.25) is 0 Å². The van der Waals surface area contributed by atoms with Crippen molar-refractivity contribution in [3.8, 4) is 11.5 Å². The van der Waals surface area contributed by atoms with Crippen LogP contribution in [-0.4, -0.2) is 30.6 Å². The number of halogens is 3. The van der Waals surface area contributed by atoms with Crippen LogP contribution < -0.4 is 5.32 Å². The number of benzene rings is 1. The van der Waals surface area contributed by atoms with Gasteiger partial charge in [-0.1, -0.05) is 5.16 Å². The molecule has 8 nitrogen and oxygen atoms in total. The van der Waals surface area contributed by atoms with E-state index in [0.29, 0.717) is 34.8 Å². The van der Waals surface area contributed by atoms with Gasteiger partial charge in [0.15, 0.2) is 34.7 Å². The van der Waals surface area contributed by atoms with E-state index in [4.69, 9.17) is 4.52 Å². The largest absolute Gasteiger partial charge is 0.345 e. The molecule has 0 saturated heterocycles. The highest BCUT2D eigenvalue weighted by molar-refractivity contribution is 5.94. The Morgan fingerprint density at radius 3 is 2.75 bits per heavy atom. The van der Waals surface area contributed by atoms with Crippen molar-refractivity contribution in [3.05, 3.63) is 65.1 Å². The molecule has 1 N–H and O–H groups in total. The van der Waals surface area contributed by atoms with Gasteiger partial charge in [-0.3, -0.25) is 9.20 Å². The second-order valence-corrected chi connectivity index (χ2v) is 5.81. The van der Waals surface area contributed by atoms with E-state index in [9.17, 15) is 18.0 Å². The van der Waals surface area contributed by atoms with Crippen molar-refractivity contribution in [2.45, 2.75) is 13.5 Å². The van der Waals surface area contributed by atoms with E-state index in [2.05, 4.69) is 25.7 Å². The standard InChI is InChI=1S/C17H11F3N6O2/c1-8-22-17(28-25-8)9-4-5-26-12(6-9)23-24-13(26)7-21-16(27)10-2-3-11(18)15(20)14(10)19/h2-6H,7H2,1H3,(H,21,27). The number of rotatable bonds is 4. The van der Waals surface area contributed by atoms with E-state index < -0.39 is 28.9 Å². The van der Waals surface area contributed by atoms with Crippen LogP contribution in [0.25, 0.3) is 17.1 Å². The fourth-order valence-electron chi connectivity index (χ4n) is 2.56. The van der Waals surface area contributed by atoms with Crippen molar-refractivity contribution in [2.75, 3.05) is 0 Å². The molecule has 0 unspecified atom stereocenters. The fourth-order valence-corrected chi connectivity index (χ4v) is 2.56. The summed E-state index contributed by atoms with van der Waals surface area (Å²) in [5.74, 6) is -4.38. The summed E-state index contributed by atoms with van der Waals surface area (Å²) in [5, 5.41) is 14.1. The number of nitrogens with one attached hydrogen (secondary N) is 1. The van der Waals surface area contributed by atoms with Gasteiger partial charge in [-0.2, -0.15) is 4.98 Å². The second kappa shape index (κ2) is 6.76. The Labute approximate surface area is 155 Å². The Balaban J connectivity index is 1.54. The molecule has 0 fully saturated rings. The quantitative estimate of drug-likeness (QED) is 0.539. The molecule has 28 heavy (non-hydrogen) atoms. The zero-order chi connectivity index (χ0) is 19.8. The number of pyridine rings is 1.